The zero-order valence-corrected chi connectivity index (χ0v) is 8.53. The van der Waals surface area contributed by atoms with Crippen LogP contribution in [0.4, 0.5) is 8.78 Å². The Labute approximate surface area is 86.7 Å². The van der Waals surface area contributed by atoms with Gasteiger partial charge in [-0.2, -0.15) is 4.02 Å². The van der Waals surface area contributed by atoms with Gasteiger partial charge in [0, 0.05) is 0 Å². The molecular formula is C7H4BrClF2N2. The van der Waals surface area contributed by atoms with E-state index in [9.17, 15) is 8.78 Å². The highest BCUT2D eigenvalue weighted by Gasteiger charge is 2.15. The van der Waals surface area contributed by atoms with Crippen LogP contribution in [0.3, 0.4) is 0 Å². The third-order valence-corrected chi connectivity index (χ3v) is 2.09. The first-order chi connectivity index (χ1) is 6.07. The van der Waals surface area contributed by atoms with E-state index in [2.05, 4.69) is 20.2 Å². The van der Waals surface area contributed by atoms with Crippen molar-refractivity contribution in [2.24, 2.45) is 9.75 Å². The summed E-state index contributed by atoms with van der Waals surface area (Å²) in [5.74, 6) is -2.33. The lowest BCUT2D eigenvalue weighted by Gasteiger charge is -2.03. The second-order valence-corrected chi connectivity index (χ2v) is 2.95. The molecule has 0 aliphatic rings. The Morgan fingerprint density at radius 3 is 2.62 bits per heavy atom. The Morgan fingerprint density at radius 1 is 1.46 bits per heavy atom. The minimum Gasteiger partial charge on any atom is -0.383 e. The van der Waals surface area contributed by atoms with Gasteiger partial charge in [-0.3, -0.25) is 0 Å². The van der Waals surface area contributed by atoms with E-state index in [1.807, 2.05) is 0 Å². The van der Waals surface area contributed by atoms with Crippen LogP contribution in [0.2, 0.25) is 5.02 Å². The van der Waals surface area contributed by atoms with Crippen molar-refractivity contribution in [1.82, 2.24) is 0 Å². The zero-order chi connectivity index (χ0) is 10.0. The summed E-state index contributed by atoms with van der Waals surface area (Å²) in [4.78, 5) is 0. The lowest BCUT2D eigenvalue weighted by Crippen LogP contribution is -2.15. The molecule has 0 heterocycles. The van der Waals surface area contributed by atoms with Crippen LogP contribution in [0, 0.1) is 11.6 Å². The van der Waals surface area contributed by atoms with Gasteiger partial charge in [-0.1, -0.05) is 11.6 Å². The molecule has 0 aliphatic heterocycles. The summed E-state index contributed by atoms with van der Waals surface area (Å²) in [5, 5.41) is 0.0135. The SMILES string of the molecule is NC(=NBr)c1c(Cl)ccc(F)c1F. The Kier molecular flexibility index (Phi) is 3.22. The molecule has 0 saturated carbocycles. The smallest absolute Gasteiger partial charge is 0.171 e. The summed E-state index contributed by atoms with van der Waals surface area (Å²) >= 11 is 8.25. The third kappa shape index (κ3) is 1.97. The predicted molar refractivity (Wildman–Crippen MR) is 51.0 cm³/mol. The fourth-order valence-electron chi connectivity index (χ4n) is 0.804. The molecule has 0 spiro atoms. The summed E-state index contributed by atoms with van der Waals surface area (Å²) in [6.07, 6.45) is 0. The molecule has 1 aromatic rings. The van der Waals surface area contributed by atoms with Crippen LogP contribution < -0.4 is 5.73 Å². The minimum atomic E-state index is -1.10. The molecular weight excluding hydrogens is 265 g/mol. The molecule has 70 valence electrons. The average molecular weight is 269 g/mol. The number of halogens is 4. The van der Waals surface area contributed by atoms with Gasteiger partial charge in [0.25, 0.3) is 0 Å². The Balaban J connectivity index is 3.42. The van der Waals surface area contributed by atoms with E-state index in [1.54, 1.807) is 0 Å². The molecule has 13 heavy (non-hydrogen) atoms. The van der Waals surface area contributed by atoms with Crippen molar-refractivity contribution < 1.29 is 8.78 Å². The summed E-state index contributed by atoms with van der Waals surface area (Å²) in [7, 11) is 0. The van der Waals surface area contributed by atoms with Gasteiger partial charge in [-0.15, -0.1) is 0 Å². The summed E-state index contributed by atoms with van der Waals surface area (Å²) < 4.78 is 29.1. The van der Waals surface area contributed by atoms with E-state index in [0.717, 1.165) is 6.07 Å². The van der Waals surface area contributed by atoms with Crippen molar-refractivity contribution in [2.75, 3.05) is 0 Å². The van der Waals surface area contributed by atoms with E-state index in [-0.39, 0.29) is 16.4 Å². The van der Waals surface area contributed by atoms with E-state index in [0.29, 0.717) is 0 Å². The molecule has 0 fully saturated rings. The van der Waals surface area contributed by atoms with Crippen LogP contribution in [-0.2, 0) is 0 Å². The van der Waals surface area contributed by atoms with Crippen LogP contribution in [0.1, 0.15) is 5.56 Å². The number of hydrogen-bond acceptors (Lipinski definition) is 1. The highest BCUT2D eigenvalue weighted by atomic mass is 79.9. The number of hydrogen-bond donors (Lipinski definition) is 1. The summed E-state index contributed by atoms with van der Waals surface area (Å²) in [6.45, 7) is 0. The monoisotopic (exact) mass is 268 g/mol. The van der Waals surface area contributed by atoms with Crippen molar-refractivity contribution in [3.8, 4) is 0 Å². The van der Waals surface area contributed by atoms with Crippen molar-refractivity contribution in [3.05, 3.63) is 34.4 Å². The molecule has 2 nitrogen and oxygen atoms in total. The number of rotatable bonds is 1. The Hall–Kier alpha value is -0.680. The molecule has 0 aliphatic carbocycles. The third-order valence-electron chi connectivity index (χ3n) is 1.39. The summed E-state index contributed by atoms with van der Waals surface area (Å²) in [5.41, 5.74) is 5.04. The van der Waals surface area contributed by atoms with Crippen LogP contribution in [0.25, 0.3) is 0 Å². The first-order valence-corrected chi connectivity index (χ1v) is 4.25. The largest absolute Gasteiger partial charge is 0.383 e. The van der Waals surface area contributed by atoms with Crippen molar-refractivity contribution >= 4 is 33.6 Å². The molecule has 0 saturated heterocycles. The van der Waals surface area contributed by atoms with Gasteiger partial charge in [0.15, 0.2) is 11.6 Å². The van der Waals surface area contributed by atoms with Crippen LogP contribution >= 0.6 is 27.7 Å². The fourth-order valence-corrected chi connectivity index (χ4v) is 1.22. The van der Waals surface area contributed by atoms with Crippen molar-refractivity contribution in [2.45, 2.75) is 0 Å². The van der Waals surface area contributed by atoms with Crippen LogP contribution in [0.15, 0.2) is 16.2 Å². The number of nitrogens with two attached hydrogens (primary N) is 1. The van der Waals surface area contributed by atoms with Gasteiger partial charge in [-0.05, 0) is 12.1 Å². The van der Waals surface area contributed by atoms with E-state index in [1.165, 1.54) is 6.07 Å². The Morgan fingerprint density at radius 2 is 2.08 bits per heavy atom. The van der Waals surface area contributed by atoms with Gasteiger partial charge in [0.05, 0.1) is 26.7 Å². The number of nitrogens with zero attached hydrogens (tertiary/aromatic N) is 1. The quantitative estimate of drug-likeness (QED) is 0.475. The maximum atomic E-state index is 13.1. The van der Waals surface area contributed by atoms with E-state index in [4.69, 9.17) is 17.3 Å². The zero-order valence-electron chi connectivity index (χ0n) is 6.19. The minimum absolute atomic E-state index is 0.0135. The van der Waals surface area contributed by atoms with Crippen molar-refractivity contribution in [1.29, 1.82) is 0 Å². The van der Waals surface area contributed by atoms with E-state index >= 15 is 0 Å². The highest BCUT2D eigenvalue weighted by Crippen LogP contribution is 2.21. The second-order valence-electron chi connectivity index (χ2n) is 2.19. The molecule has 0 radical (unpaired) electrons. The molecule has 0 aromatic heterocycles. The average Bonchev–Trinajstić information content (AvgIpc) is 2.12. The molecule has 0 unspecified atom stereocenters. The molecule has 1 rings (SSSR count). The lowest BCUT2D eigenvalue weighted by molar-refractivity contribution is 0.507. The van der Waals surface area contributed by atoms with Crippen LogP contribution in [0.5, 0.6) is 0 Å². The van der Waals surface area contributed by atoms with Gasteiger partial charge in [0.2, 0.25) is 0 Å². The topological polar surface area (TPSA) is 38.4 Å². The predicted octanol–water partition coefficient (Wildman–Crippen LogP) is 2.63. The number of amidine groups is 1. The Bertz CT molecular complexity index is 368. The normalized spacial score (nSPS) is 11.8. The van der Waals surface area contributed by atoms with Gasteiger partial charge in [-0.25, -0.2) is 8.78 Å². The first-order valence-electron chi connectivity index (χ1n) is 3.16. The fraction of sp³-hybridized carbons (Fsp3) is 0. The standard InChI is InChI=1S/C7H4BrClF2N2/c8-13-7(12)5-3(9)1-2-4(10)6(5)11/h1-2H,(H2,12,13). The van der Waals surface area contributed by atoms with Crippen LogP contribution in [-0.4, -0.2) is 5.84 Å². The van der Waals surface area contributed by atoms with Gasteiger partial charge in [0.1, 0.15) is 5.84 Å². The highest BCUT2D eigenvalue weighted by molar-refractivity contribution is 9.08. The molecule has 0 amide bonds. The molecule has 1 aromatic carbocycles. The molecule has 0 bridgehead atoms. The van der Waals surface area contributed by atoms with Gasteiger partial charge >= 0.3 is 0 Å². The summed E-state index contributed by atoms with van der Waals surface area (Å²) in [6, 6.07) is 2.13. The molecule has 6 heteroatoms. The van der Waals surface area contributed by atoms with E-state index < -0.39 is 11.6 Å². The maximum Gasteiger partial charge on any atom is 0.171 e. The maximum absolute atomic E-state index is 13.1. The first kappa shape index (κ1) is 10.4. The molecule has 0 atom stereocenters. The lowest BCUT2D eigenvalue weighted by atomic mass is 10.2. The molecule has 2 N–H and O–H groups in total. The van der Waals surface area contributed by atoms with Gasteiger partial charge < -0.3 is 5.73 Å². The number of benzene rings is 1. The second kappa shape index (κ2) is 4.02. The van der Waals surface area contributed by atoms with Crippen molar-refractivity contribution in [3.63, 3.8) is 0 Å².